The Balaban J connectivity index is 2.84. The van der Waals surface area contributed by atoms with Gasteiger partial charge in [-0.3, -0.25) is 25.4 Å². The normalized spacial score (nSPS) is 13.3. The zero-order valence-electron chi connectivity index (χ0n) is 10.8. The molecule has 0 heterocycles. The van der Waals surface area contributed by atoms with Crippen LogP contribution in [0.25, 0.3) is 0 Å². The number of ether oxygens (including phenoxy) is 2. The molecule has 1 unspecified atom stereocenters. The summed E-state index contributed by atoms with van der Waals surface area (Å²) in [6, 6.07) is 5.48. The van der Waals surface area contributed by atoms with E-state index in [9.17, 15) is 19.7 Å². The van der Waals surface area contributed by atoms with Gasteiger partial charge in [0.2, 0.25) is 0 Å². The third-order valence-corrected chi connectivity index (χ3v) is 2.81. The molecule has 108 valence electrons. The van der Waals surface area contributed by atoms with Gasteiger partial charge in [-0.2, -0.15) is 0 Å². The molecule has 0 radical (unpaired) electrons. The minimum absolute atomic E-state index is 0.0409. The Kier molecular flexibility index (Phi) is 5.30. The van der Waals surface area contributed by atoms with Crippen molar-refractivity contribution in [1.82, 2.24) is 0 Å². The summed E-state index contributed by atoms with van der Waals surface area (Å²) in [7, 11) is 1.35. The summed E-state index contributed by atoms with van der Waals surface area (Å²) in [5, 5.41) is 10.6. The van der Waals surface area contributed by atoms with Gasteiger partial charge in [0, 0.05) is 25.7 Å². The number of carbonyl (C=O) groups is 2. The number of nitro groups is 1. The van der Waals surface area contributed by atoms with E-state index in [4.69, 9.17) is 10.5 Å². The molecular weight excluding hydrogens is 268 g/mol. The van der Waals surface area contributed by atoms with Crippen molar-refractivity contribution in [2.45, 2.75) is 18.6 Å². The maximum Gasteiger partial charge on any atom is 0.313 e. The number of carbonyl (C=O) groups excluding carboxylic acids is 2. The highest BCUT2D eigenvalue weighted by Gasteiger charge is 2.28. The number of nitro benzene ring substituents is 1. The zero-order valence-corrected chi connectivity index (χ0v) is 10.8. The van der Waals surface area contributed by atoms with Crippen molar-refractivity contribution in [3.8, 4) is 0 Å². The lowest BCUT2D eigenvalue weighted by Gasteiger charge is -2.27. The Morgan fingerprint density at radius 1 is 1.45 bits per heavy atom. The summed E-state index contributed by atoms with van der Waals surface area (Å²) >= 11 is 0. The number of rotatable bonds is 7. The first kappa shape index (κ1) is 15.7. The van der Waals surface area contributed by atoms with Crippen LogP contribution in [0, 0.1) is 10.1 Å². The molecule has 0 bridgehead atoms. The third-order valence-electron chi connectivity index (χ3n) is 2.81. The van der Waals surface area contributed by atoms with Gasteiger partial charge in [-0.25, -0.2) is 0 Å². The van der Waals surface area contributed by atoms with Crippen molar-refractivity contribution in [3.05, 3.63) is 39.9 Å². The molecule has 0 spiro atoms. The van der Waals surface area contributed by atoms with Crippen LogP contribution in [0.5, 0.6) is 0 Å². The summed E-state index contributed by atoms with van der Waals surface area (Å²) in [6.07, 6.45) is -0.0615. The monoisotopic (exact) mass is 282 g/mol. The molecule has 0 amide bonds. The summed E-state index contributed by atoms with van der Waals surface area (Å²) in [4.78, 5) is 31.2. The Labute approximate surface area is 114 Å². The van der Waals surface area contributed by atoms with E-state index in [1.807, 2.05) is 0 Å². The zero-order chi connectivity index (χ0) is 15.2. The summed E-state index contributed by atoms with van der Waals surface area (Å²) in [5.74, 6) is -0.728. The molecule has 8 nitrogen and oxygen atoms in total. The standard InChI is InChI=1S/C12H14N2O6/c1-19-12(13,7-6-11(16)20-8-15)9-2-4-10(5-3-9)14(17)18/h2-5,8H,6-7,13H2,1H3. The maximum absolute atomic E-state index is 11.1. The number of esters is 1. The van der Waals surface area contributed by atoms with E-state index in [1.165, 1.54) is 31.4 Å². The van der Waals surface area contributed by atoms with Gasteiger partial charge in [-0.05, 0) is 17.7 Å². The first-order valence-corrected chi connectivity index (χ1v) is 5.65. The SMILES string of the molecule is COC(N)(CCC(=O)OC=O)c1ccc([N+](=O)[O-])cc1. The lowest BCUT2D eigenvalue weighted by atomic mass is 9.98. The highest BCUT2D eigenvalue weighted by molar-refractivity contribution is 5.76. The van der Waals surface area contributed by atoms with Gasteiger partial charge in [0.25, 0.3) is 5.69 Å². The Morgan fingerprint density at radius 2 is 2.05 bits per heavy atom. The van der Waals surface area contributed by atoms with Gasteiger partial charge < -0.3 is 9.47 Å². The Morgan fingerprint density at radius 3 is 2.50 bits per heavy atom. The van der Waals surface area contributed by atoms with Gasteiger partial charge in [0.05, 0.1) is 11.3 Å². The van der Waals surface area contributed by atoms with Crippen LogP contribution in [0.15, 0.2) is 24.3 Å². The van der Waals surface area contributed by atoms with Crippen molar-refractivity contribution < 1.29 is 24.0 Å². The molecule has 0 saturated heterocycles. The molecule has 1 aromatic rings. The van der Waals surface area contributed by atoms with Crippen molar-refractivity contribution >= 4 is 18.1 Å². The van der Waals surface area contributed by atoms with Crippen molar-refractivity contribution in [2.75, 3.05) is 7.11 Å². The first-order valence-electron chi connectivity index (χ1n) is 5.65. The summed E-state index contributed by atoms with van der Waals surface area (Å²) in [6.45, 7) is 0.0409. The Hall–Kier alpha value is -2.32. The average molecular weight is 282 g/mol. The molecule has 20 heavy (non-hydrogen) atoms. The van der Waals surface area contributed by atoms with Gasteiger partial charge in [-0.15, -0.1) is 0 Å². The quantitative estimate of drug-likeness (QED) is 0.196. The Bertz CT molecular complexity index is 501. The van der Waals surface area contributed by atoms with E-state index in [0.717, 1.165) is 0 Å². The van der Waals surface area contributed by atoms with Crippen molar-refractivity contribution in [2.24, 2.45) is 5.73 Å². The van der Waals surface area contributed by atoms with E-state index in [-0.39, 0.29) is 25.0 Å². The van der Waals surface area contributed by atoms with Crippen LogP contribution in [-0.2, 0) is 24.8 Å². The van der Waals surface area contributed by atoms with Crippen LogP contribution in [0.1, 0.15) is 18.4 Å². The molecular formula is C12H14N2O6. The predicted octanol–water partition coefficient (Wildman–Crippen LogP) is 0.832. The molecule has 0 aliphatic rings. The molecule has 8 heteroatoms. The summed E-state index contributed by atoms with van der Waals surface area (Å²) < 4.78 is 9.31. The van der Waals surface area contributed by atoms with Crippen LogP contribution >= 0.6 is 0 Å². The fourth-order valence-electron chi connectivity index (χ4n) is 1.63. The van der Waals surface area contributed by atoms with Crippen molar-refractivity contribution in [1.29, 1.82) is 0 Å². The molecule has 0 aliphatic heterocycles. The van der Waals surface area contributed by atoms with Gasteiger partial charge >= 0.3 is 12.4 Å². The second-order valence-electron chi connectivity index (χ2n) is 3.98. The van der Waals surface area contributed by atoms with Crippen LogP contribution in [0.3, 0.4) is 0 Å². The van der Waals surface area contributed by atoms with Crippen LogP contribution in [0.4, 0.5) is 5.69 Å². The molecule has 2 N–H and O–H groups in total. The van der Waals surface area contributed by atoms with Gasteiger partial charge in [-0.1, -0.05) is 0 Å². The minimum atomic E-state index is -1.29. The van der Waals surface area contributed by atoms with Crippen LogP contribution in [-0.4, -0.2) is 24.5 Å². The summed E-state index contributed by atoms with van der Waals surface area (Å²) in [5.41, 5.74) is 5.11. The fraction of sp³-hybridized carbons (Fsp3) is 0.333. The van der Waals surface area contributed by atoms with Crippen LogP contribution in [0.2, 0.25) is 0 Å². The smallest absolute Gasteiger partial charge is 0.313 e. The number of benzene rings is 1. The topological polar surface area (TPSA) is 122 Å². The van der Waals surface area contributed by atoms with Gasteiger partial charge in [0.15, 0.2) is 0 Å². The molecule has 1 atom stereocenters. The first-order chi connectivity index (χ1) is 9.42. The van der Waals surface area contributed by atoms with Crippen molar-refractivity contribution in [3.63, 3.8) is 0 Å². The second kappa shape index (κ2) is 6.73. The molecule has 1 rings (SSSR count). The molecule has 0 aromatic heterocycles. The largest absolute Gasteiger partial charge is 0.395 e. The molecule has 0 aliphatic carbocycles. The average Bonchev–Trinajstić information content (AvgIpc) is 2.45. The number of hydrogen-bond acceptors (Lipinski definition) is 7. The van der Waals surface area contributed by atoms with E-state index in [1.54, 1.807) is 0 Å². The van der Waals surface area contributed by atoms with E-state index in [0.29, 0.717) is 5.56 Å². The highest BCUT2D eigenvalue weighted by atomic mass is 16.6. The lowest BCUT2D eigenvalue weighted by Crippen LogP contribution is -2.39. The van der Waals surface area contributed by atoms with Gasteiger partial charge in [0.1, 0.15) is 5.72 Å². The molecule has 0 fully saturated rings. The van der Waals surface area contributed by atoms with E-state index >= 15 is 0 Å². The minimum Gasteiger partial charge on any atom is -0.395 e. The highest BCUT2D eigenvalue weighted by Crippen LogP contribution is 2.26. The van der Waals surface area contributed by atoms with E-state index in [2.05, 4.69) is 4.74 Å². The second-order valence-corrected chi connectivity index (χ2v) is 3.98. The number of methoxy groups -OCH3 is 1. The fourth-order valence-corrected chi connectivity index (χ4v) is 1.63. The molecule has 1 aromatic carbocycles. The van der Waals surface area contributed by atoms with E-state index < -0.39 is 16.6 Å². The number of nitrogens with two attached hydrogens (primary N) is 1. The lowest BCUT2D eigenvalue weighted by molar-refractivity contribution is -0.384. The number of nitrogens with zero attached hydrogens (tertiary/aromatic N) is 1. The third kappa shape index (κ3) is 3.84. The predicted molar refractivity (Wildman–Crippen MR) is 67.4 cm³/mol. The molecule has 0 saturated carbocycles. The maximum atomic E-state index is 11.1. The number of hydrogen-bond donors (Lipinski definition) is 1. The van der Waals surface area contributed by atoms with Crippen LogP contribution < -0.4 is 5.73 Å². The number of non-ortho nitro benzene ring substituents is 1.